The molecule has 0 aromatic carbocycles. The average molecular weight is 329 g/mol. The fourth-order valence-electron chi connectivity index (χ4n) is 2.83. The van der Waals surface area contributed by atoms with Gasteiger partial charge in [-0.25, -0.2) is 9.97 Å². The van der Waals surface area contributed by atoms with Crippen molar-refractivity contribution < 1.29 is 4.74 Å². The van der Waals surface area contributed by atoms with Crippen LogP contribution in [0.4, 0.5) is 5.69 Å². The van der Waals surface area contributed by atoms with Crippen molar-refractivity contribution in [1.29, 1.82) is 5.26 Å². The minimum Gasteiger partial charge on any atom is -0.476 e. The summed E-state index contributed by atoms with van der Waals surface area (Å²) in [6, 6.07) is 9.53. The normalized spacial score (nSPS) is 17.6. The van der Waals surface area contributed by atoms with E-state index in [1.54, 1.807) is 24.5 Å². The van der Waals surface area contributed by atoms with E-state index in [0.29, 0.717) is 29.1 Å². The summed E-state index contributed by atoms with van der Waals surface area (Å²) in [7, 11) is 0. The standard InChI is InChI=1S/C17H17ClN4O/c18-14-5-1-8-21-17(14)23-12-13-4-3-9-22(11-13)16-6-2-7-20-15(16)10-19/h1-2,5-8,13H,3-4,9,11-12H2. The largest absolute Gasteiger partial charge is 0.476 e. The van der Waals surface area contributed by atoms with Crippen molar-refractivity contribution >= 4 is 17.3 Å². The topological polar surface area (TPSA) is 62.0 Å². The molecule has 2 aromatic heterocycles. The van der Waals surface area contributed by atoms with Gasteiger partial charge in [-0.2, -0.15) is 5.26 Å². The Morgan fingerprint density at radius 2 is 2.13 bits per heavy atom. The molecule has 3 heterocycles. The maximum absolute atomic E-state index is 9.21. The van der Waals surface area contributed by atoms with Crippen LogP contribution in [-0.4, -0.2) is 29.7 Å². The number of anilines is 1. The van der Waals surface area contributed by atoms with Gasteiger partial charge in [-0.15, -0.1) is 0 Å². The lowest BCUT2D eigenvalue weighted by molar-refractivity contribution is 0.222. The number of halogens is 1. The highest BCUT2D eigenvalue weighted by atomic mass is 35.5. The summed E-state index contributed by atoms with van der Waals surface area (Å²) in [5.41, 5.74) is 1.37. The van der Waals surface area contributed by atoms with Gasteiger partial charge in [0.1, 0.15) is 11.1 Å². The summed E-state index contributed by atoms with van der Waals surface area (Å²) in [5, 5.41) is 9.74. The van der Waals surface area contributed by atoms with Crippen LogP contribution in [0.2, 0.25) is 5.02 Å². The van der Waals surface area contributed by atoms with Crippen molar-refractivity contribution in [2.45, 2.75) is 12.8 Å². The van der Waals surface area contributed by atoms with Crippen LogP contribution in [0.3, 0.4) is 0 Å². The Hall–Kier alpha value is -2.32. The minimum atomic E-state index is 0.369. The van der Waals surface area contributed by atoms with Gasteiger partial charge < -0.3 is 9.64 Å². The average Bonchev–Trinajstić information content (AvgIpc) is 2.61. The van der Waals surface area contributed by atoms with E-state index in [1.165, 1.54) is 0 Å². The second-order valence-electron chi connectivity index (χ2n) is 5.54. The highest BCUT2D eigenvalue weighted by molar-refractivity contribution is 6.31. The molecule has 0 radical (unpaired) electrons. The predicted octanol–water partition coefficient (Wildman–Crippen LogP) is 3.30. The Bertz CT molecular complexity index is 716. The molecule has 0 N–H and O–H groups in total. The van der Waals surface area contributed by atoms with E-state index in [2.05, 4.69) is 20.9 Å². The first-order valence-corrected chi connectivity index (χ1v) is 7.99. The zero-order valence-corrected chi connectivity index (χ0v) is 13.4. The highest BCUT2D eigenvalue weighted by Gasteiger charge is 2.23. The zero-order valence-electron chi connectivity index (χ0n) is 12.7. The first kappa shape index (κ1) is 15.6. The van der Waals surface area contributed by atoms with Gasteiger partial charge in [0.05, 0.1) is 12.3 Å². The fraction of sp³-hybridized carbons (Fsp3) is 0.353. The molecule has 1 aliphatic heterocycles. The third kappa shape index (κ3) is 3.72. The Balaban J connectivity index is 1.65. The monoisotopic (exact) mass is 328 g/mol. The van der Waals surface area contributed by atoms with Crippen molar-refractivity contribution in [1.82, 2.24) is 9.97 Å². The molecule has 1 fully saturated rings. The van der Waals surface area contributed by atoms with Gasteiger partial charge in [-0.3, -0.25) is 0 Å². The molecule has 3 rings (SSSR count). The number of hydrogen-bond acceptors (Lipinski definition) is 5. The molecule has 1 unspecified atom stereocenters. The molecule has 1 atom stereocenters. The smallest absolute Gasteiger partial charge is 0.232 e. The van der Waals surface area contributed by atoms with E-state index in [4.69, 9.17) is 16.3 Å². The summed E-state index contributed by atoms with van der Waals surface area (Å²) in [4.78, 5) is 10.5. The van der Waals surface area contributed by atoms with Gasteiger partial charge in [0.2, 0.25) is 5.88 Å². The van der Waals surface area contributed by atoms with E-state index in [9.17, 15) is 5.26 Å². The first-order chi connectivity index (χ1) is 11.3. The summed E-state index contributed by atoms with van der Waals surface area (Å²) in [6.45, 7) is 2.33. The Morgan fingerprint density at radius 1 is 1.30 bits per heavy atom. The SMILES string of the molecule is N#Cc1ncccc1N1CCCC(COc2ncccc2Cl)C1. The number of piperidine rings is 1. The van der Waals surface area contributed by atoms with E-state index in [0.717, 1.165) is 31.6 Å². The van der Waals surface area contributed by atoms with E-state index in [1.807, 2.05) is 12.1 Å². The molecule has 0 aliphatic carbocycles. The Labute approximate surface area is 140 Å². The minimum absolute atomic E-state index is 0.369. The molecule has 0 saturated carbocycles. The lowest BCUT2D eigenvalue weighted by Crippen LogP contribution is -2.38. The molecule has 1 saturated heterocycles. The summed E-state index contributed by atoms with van der Waals surface area (Å²) in [6.07, 6.45) is 5.46. The number of rotatable bonds is 4. The molecule has 0 bridgehead atoms. The predicted molar refractivity (Wildman–Crippen MR) is 88.6 cm³/mol. The van der Waals surface area contributed by atoms with E-state index >= 15 is 0 Å². The van der Waals surface area contributed by atoms with Gasteiger partial charge in [0, 0.05) is 31.4 Å². The van der Waals surface area contributed by atoms with Crippen LogP contribution < -0.4 is 9.64 Å². The number of ether oxygens (including phenoxy) is 1. The molecule has 1 aliphatic rings. The second-order valence-corrected chi connectivity index (χ2v) is 5.95. The van der Waals surface area contributed by atoms with E-state index in [-0.39, 0.29) is 0 Å². The van der Waals surface area contributed by atoms with Crippen LogP contribution in [0.25, 0.3) is 0 Å². The molecule has 23 heavy (non-hydrogen) atoms. The number of hydrogen-bond donors (Lipinski definition) is 0. The van der Waals surface area contributed by atoms with Crippen molar-refractivity contribution in [3.63, 3.8) is 0 Å². The van der Waals surface area contributed by atoms with Crippen LogP contribution in [0.1, 0.15) is 18.5 Å². The maximum atomic E-state index is 9.21. The van der Waals surface area contributed by atoms with Crippen molar-refractivity contribution in [3.05, 3.63) is 47.4 Å². The molecule has 0 spiro atoms. The third-order valence-corrected chi connectivity index (χ3v) is 4.22. The molecule has 0 amide bonds. The van der Waals surface area contributed by atoms with Crippen molar-refractivity contribution in [2.75, 3.05) is 24.6 Å². The quantitative estimate of drug-likeness (QED) is 0.861. The Kier molecular flexibility index (Phi) is 4.94. The molecule has 6 heteroatoms. The van der Waals surface area contributed by atoms with Gasteiger partial charge in [0.25, 0.3) is 0 Å². The molecular formula is C17H17ClN4O. The van der Waals surface area contributed by atoms with Crippen molar-refractivity contribution in [3.8, 4) is 11.9 Å². The molecule has 5 nitrogen and oxygen atoms in total. The number of pyridine rings is 2. The second kappa shape index (κ2) is 7.30. The molecular weight excluding hydrogens is 312 g/mol. The number of aromatic nitrogens is 2. The highest BCUT2D eigenvalue weighted by Crippen LogP contribution is 2.26. The molecule has 2 aromatic rings. The van der Waals surface area contributed by atoms with Crippen molar-refractivity contribution in [2.24, 2.45) is 5.92 Å². The summed E-state index contributed by atoms with van der Waals surface area (Å²) in [5.74, 6) is 0.846. The molecule has 118 valence electrons. The van der Waals surface area contributed by atoms with E-state index < -0.39 is 0 Å². The van der Waals surface area contributed by atoms with Gasteiger partial charge in [-0.05, 0) is 37.1 Å². The lowest BCUT2D eigenvalue weighted by atomic mass is 9.98. The van der Waals surface area contributed by atoms with Crippen LogP contribution in [0, 0.1) is 17.2 Å². The van der Waals surface area contributed by atoms with Gasteiger partial charge in [0.15, 0.2) is 5.69 Å². The fourth-order valence-corrected chi connectivity index (χ4v) is 3.01. The van der Waals surface area contributed by atoms with Gasteiger partial charge in [-0.1, -0.05) is 11.6 Å². The summed E-state index contributed by atoms with van der Waals surface area (Å²) >= 11 is 6.06. The van der Waals surface area contributed by atoms with Crippen LogP contribution in [0.15, 0.2) is 36.7 Å². The van der Waals surface area contributed by atoms with Crippen LogP contribution >= 0.6 is 11.6 Å². The first-order valence-electron chi connectivity index (χ1n) is 7.61. The number of nitriles is 1. The lowest BCUT2D eigenvalue weighted by Gasteiger charge is -2.34. The maximum Gasteiger partial charge on any atom is 0.232 e. The van der Waals surface area contributed by atoms with Crippen LogP contribution in [0.5, 0.6) is 5.88 Å². The third-order valence-electron chi connectivity index (χ3n) is 3.93. The Morgan fingerprint density at radius 3 is 2.96 bits per heavy atom. The van der Waals surface area contributed by atoms with Crippen LogP contribution in [-0.2, 0) is 0 Å². The number of nitrogens with zero attached hydrogens (tertiary/aromatic N) is 4. The van der Waals surface area contributed by atoms with Gasteiger partial charge >= 0.3 is 0 Å². The zero-order chi connectivity index (χ0) is 16.1. The summed E-state index contributed by atoms with van der Waals surface area (Å²) < 4.78 is 5.77.